The minimum Gasteiger partial charge on any atom is -0.395 e. The molecule has 0 radical (unpaired) electrons. The molecule has 0 atom stereocenters. The lowest BCUT2D eigenvalue weighted by Gasteiger charge is -1.89. The molecule has 0 heterocycles. The second-order valence-electron chi connectivity index (χ2n) is 2.34. The van der Waals surface area contributed by atoms with Crippen molar-refractivity contribution in [2.24, 2.45) is 5.73 Å². The smallest absolute Gasteiger partial charge is 0.248 e. The Hall–Kier alpha value is -1.10. The van der Waals surface area contributed by atoms with Gasteiger partial charge in [-0.25, -0.2) is 4.84 Å². The van der Waals surface area contributed by atoms with Crippen LogP contribution in [-0.4, -0.2) is 24.2 Å². The van der Waals surface area contributed by atoms with Crippen LogP contribution in [0.3, 0.4) is 0 Å². The van der Waals surface area contributed by atoms with Gasteiger partial charge < -0.3 is 10.8 Å². The van der Waals surface area contributed by atoms with Crippen LogP contribution in [-0.2, 0) is 0 Å². The van der Waals surface area contributed by atoms with Gasteiger partial charge in [0.05, 0.1) is 6.61 Å². The zero-order valence-electron chi connectivity index (χ0n) is 7.61. The fourth-order valence-electron chi connectivity index (χ4n) is 0.645. The molecule has 0 saturated carbocycles. The van der Waals surface area contributed by atoms with Gasteiger partial charge in [0.2, 0.25) is 5.91 Å². The summed E-state index contributed by atoms with van der Waals surface area (Å²) in [6.07, 6.45) is 0. The molecule has 0 aliphatic rings. The number of carbonyl (C=O) groups excluding carboxylic acids is 1. The summed E-state index contributed by atoms with van der Waals surface area (Å²) in [4.78, 5) is 12.7. The van der Waals surface area contributed by atoms with E-state index >= 15 is 0 Å². The van der Waals surface area contributed by atoms with Crippen molar-refractivity contribution < 1.29 is 9.90 Å². The third-order valence-electron chi connectivity index (χ3n) is 1.26. The number of carbonyl (C=O) groups is 1. The molecule has 0 saturated heterocycles. The molecule has 1 aromatic carbocycles. The maximum absolute atomic E-state index is 10.4. The molecule has 0 aromatic heterocycles. The second kappa shape index (κ2) is 8.50. The fourth-order valence-corrected chi connectivity index (χ4v) is 0.729. The summed E-state index contributed by atoms with van der Waals surface area (Å²) >= 11 is 4.89. The Bertz CT molecular complexity index is 252. The van der Waals surface area contributed by atoms with E-state index in [1.54, 1.807) is 24.3 Å². The molecule has 4 nitrogen and oxygen atoms in total. The van der Waals surface area contributed by atoms with E-state index in [1.807, 2.05) is 6.07 Å². The average molecular weight is 217 g/mol. The van der Waals surface area contributed by atoms with Crippen LogP contribution in [0.4, 0.5) is 0 Å². The molecule has 1 aromatic rings. The number of nitrogens with two attached hydrogens (primary N) is 1. The Morgan fingerprint density at radius 3 is 2.21 bits per heavy atom. The minimum absolute atomic E-state index is 0.101. The van der Waals surface area contributed by atoms with E-state index in [-0.39, 0.29) is 12.5 Å². The highest BCUT2D eigenvalue weighted by molar-refractivity contribution is 6.13. The first-order chi connectivity index (χ1) is 6.72. The summed E-state index contributed by atoms with van der Waals surface area (Å²) in [6, 6.07) is 8.76. The van der Waals surface area contributed by atoms with Crippen molar-refractivity contribution in [1.82, 2.24) is 4.84 Å². The van der Waals surface area contributed by atoms with Crippen LogP contribution >= 0.6 is 11.8 Å². The summed E-state index contributed by atoms with van der Waals surface area (Å²) < 4.78 is 0. The number of hydrogen-bond donors (Lipinski definition) is 3. The Morgan fingerprint density at radius 2 is 2.00 bits per heavy atom. The average Bonchev–Trinajstić information content (AvgIpc) is 2.21. The minimum atomic E-state index is -0.379. The van der Waals surface area contributed by atoms with Gasteiger partial charge in [0.1, 0.15) is 0 Å². The number of primary amides is 1. The van der Waals surface area contributed by atoms with Gasteiger partial charge in [0.15, 0.2) is 0 Å². The molecule has 4 N–H and O–H groups in total. The van der Waals surface area contributed by atoms with Crippen molar-refractivity contribution in [3.8, 4) is 0 Å². The lowest BCUT2D eigenvalue weighted by atomic mass is 10.2. The predicted octanol–water partition coefficient (Wildman–Crippen LogP) is 0.508. The maximum Gasteiger partial charge on any atom is 0.248 e. The first-order valence-corrected chi connectivity index (χ1v) is 4.39. The number of benzene rings is 1. The highest BCUT2D eigenvalue weighted by atomic mass is 35.5. The highest BCUT2D eigenvalue weighted by Gasteiger charge is 1.93. The SMILES string of the molecule is NC(=O)c1ccccc1.OCCNCl. The number of hydrogen-bond acceptors (Lipinski definition) is 3. The summed E-state index contributed by atoms with van der Waals surface area (Å²) in [5, 5.41) is 7.92. The Labute approximate surface area is 87.8 Å². The van der Waals surface area contributed by atoms with Gasteiger partial charge >= 0.3 is 0 Å². The van der Waals surface area contributed by atoms with E-state index in [9.17, 15) is 4.79 Å². The van der Waals surface area contributed by atoms with E-state index in [0.717, 1.165) is 0 Å². The van der Waals surface area contributed by atoms with Gasteiger partial charge in [0, 0.05) is 12.1 Å². The molecular weight excluding hydrogens is 204 g/mol. The van der Waals surface area contributed by atoms with Crippen LogP contribution in [0.5, 0.6) is 0 Å². The zero-order valence-corrected chi connectivity index (χ0v) is 8.37. The molecule has 14 heavy (non-hydrogen) atoms. The molecule has 0 bridgehead atoms. The molecular formula is C9H13ClN2O2. The Morgan fingerprint density at radius 1 is 1.43 bits per heavy atom. The van der Waals surface area contributed by atoms with Gasteiger partial charge in [-0.1, -0.05) is 18.2 Å². The maximum atomic E-state index is 10.4. The molecule has 0 spiro atoms. The quantitative estimate of drug-likeness (QED) is 0.645. The first kappa shape index (κ1) is 12.9. The van der Waals surface area contributed by atoms with Crippen molar-refractivity contribution in [2.75, 3.05) is 13.2 Å². The molecule has 0 fully saturated rings. The summed E-state index contributed by atoms with van der Waals surface area (Å²) in [7, 11) is 0. The number of rotatable bonds is 3. The number of nitrogens with one attached hydrogen (secondary N) is 1. The molecule has 1 rings (SSSR count). The molecule has 0 unspecified atom stereocenters. The van der Waals surface area contributed by atoms with Gasteiger partial charge in [-0.05, 0) is 23.9 Å². The highest BCUT2D eigenvalue weighted by Crippen LogP contribution is 1.94. The Kier molecular flexibility index (Phi) is 7.83. The molecule has 5 heteroatoms. The standard InChI is InChI=1S/C7H7NO.C2H6ClNO/c8-7(9)6-4-2-1-3-5-6;3-4-1-2-5/h1-5H,(H2,8,9);4-5H,1-2H2. The topological polar surface area (TPSA) is 75.4 Å². The van der Waals surface area contributed by atoms with E-state index in [2.05, 4.69) is 4.84 Å². The van der Waals surface area contributed by atoms with Crippen LogP contribution in [0.1, 0.15) is 10.4 Å². The molecule has 0 aliphatic carbocycles. The lowest BCUT2D eigenvalue weighted by molar-refractivity contribution is 0.100. The zero-order chi connectivity index (χ0) is 10.8. The predicted molar refractivity (Wildman–Crippen MR) is 55.9 cm³/mol. The van der Waals surface area contributed by atoms with Crippen LogP contribution in [0.25, 0.3) is 0 Å². The number of aliphatic hydroxyl groups excluding tert-OH is 1. The van der Waals surface area contributed by atoms with E-state index in [1.165, 1.54) is 0 Å². The van der Waals surface area contributed by atoms with E-state index in [0.29, 0.717) is 12.1 Å². The number of aliphatic hydroxyl groups is 1. The van der Waals surface area contributed by atoms with Crippen molar-refractivity contribution in [1.29, 1.82) is 0 Å². The molecule has 0 aliphatic heterocycles. The van der Waals surface area contributed by atoms with Crippen LogP contribution in [0, 0.1) is 0 Å². The van der Waals surface area contributed by atoms with Gasteiger partial charge in [-0.2, -0.15) is 0 Å². The third kappa shape index (κ3) is 6.42. The van der Waals surface area contributed by atoms with E-state index in [4.69, 9.17) is 22.6 Å². The fraction of sp³-hybridized carbons (Fsp3) is 0.222. The third-order valence-corrected chi connectivity index (χ3v) is 1.45. The van der Waals surface area contributed by atoms with Gasteiger partial charge in [-0.3, -0.25) is 4.79 Å². The Balaban J connectivity index is 0.000000292. The van der Waals surface area contributed by atoms with Crippen molar-refractivity contribution in [3.63, 3.8) is 0 Å². The van der Waals surface area contributed by atoms with Crippen molar-refractivity contribution in [3.05, 3.63) is 35.9 Å². The summed E-state index contributed by atoms with van der Waals surface area (Å²) in [6.45, 7) is 0.561. The normalized spacial score (nSPS) is 8.71. The van der Waals surface area contributed by atoms with Gasteiger partial charge in [0.25, 0.3) is 0 Å². The largest absolute Gasteiger partial charge is 0.395 e. The second-order valence-corrected chi connectivity index (χ2v) is 2.60. The molecule has 78 valence electrons. The summed E-state index contributed by atoms with van der Waals surface area (Å²) in [5.41, 5.74) is 5.53. The molecule has 1 amide bonds. The van der Waals surface area contributed by atoms with Gasteiger partial charge in [-0.15, -0.1) is 0 Å². The monoisotopic (exact) mass is 216 g/mol. The summed E-state index contributed by atoms with van der Waals surface area (Å²) in [5.74, 6) is -0.379. The first-order valence-electron chi connectivity index (χ1n) is 4.01. The number of amides is 1. The van der Waals surface area contributed by atoms with Crippen molar-refractivity contribution in [2.45, 2.75) is 0 Å². The van der Waals surface area contributed by atoms with Crippen molar-refractivity contribution >= 4 is 17.7 Å². The number of halogens is 1. The van der Waals surface area contributed by atoms with Crippen LogP contribution in [0.2, 0.25) is 0 Å². The van der Waals surface area contributed by atoms with Crippen LogP contribution < -0.4 is 10.6 Å². The van der Waals surface area contributed by atoms with Crippen LogP contribution in [0.15, 0.2) is 30.3 Å². The van der Waals surface area contributed by atoms with E-state index < -0.39 is 0 Å². The lowest BCUT2D eigenvalue weighted by Crippen LogP contribution is -2.09.